The van der Waals surface area contributed by atoms with Crippen LogP contribution in [-0.4, -0.2) is 44.6 Å². The van der Waals surface area contributed by atoms with Crippen molar-refractivity contribution >= 4 is 18.0 Å². The highest BCUT2D eigenvalue weighted by Crippen LogP contribution is 2.32. The van der Waals surface area contributed by atoms with Crippen LogP contribution in [0.2, 0.25) is 0 Å². The molecule has 8 heteroatoms. The zero-order valence-electron chi connectivity index (χ0n) is 11.1. The number of carbonyl (C=O) groups excluding carboxylic acids is 1. The van der Waals surface area contributed by atoms with E-state index in [0.717, 1.165) is 0 Å². The Kier molecular flexibility index (Phi) is 2.84. The van der Waals surface area contributed by atoms with E-state index in [1.807, 2.05) is 20.8 Å². The molecule has 3 rings (SSSR count). The molecule has 3 heterocycles. The molecular formula is C11H16N4O3S. The lowest BCUT2D eigenvalue weighted by Gasteiger charge is -2.26. The zero-order valence-corrected chi connectivity index (χ0v) is 11.9. The maximum absolute atomic E-state index is 11.8. The third-order valence-corrected chi connectivity index (χ3v) is 3.73. The van der Waals surface area contributed by atoms with E-state index in [1.165, 1.54) is 0 Å². The molecule has 2 aliphatic heterocycles. The predicted molar refractivity (Wildman–Crippen MR) is 67.1 cm³/mol. The number of ether oxygens (including phenoxy) is 2. The van der Waals surface area contributed by atoms with E-state index in [1.54, 1.807) is 9.36 Å². The minimum Gasteiger partial charge on any atom is -0.343 e. The molecule has 2 fully saturated rings. The van der Waals surface area contributed by atoms with E-state index in [-0.39, 0.29) is 23.5 Å². The van der Waals surface area contributed by atoms with Gasteiger partial charge in [-0.3, -0.25) is 4.79 Å². The molecule has 0 N–H and O–H groups in total. The summed E-state index contributed by atoms with van der Waals surface area (Å²) in [7, 11) is 0. The Morgan fingerprint density at radius 2 is 2.11 bits per heavy atom. The minimum atomic E-state index is -0.701. The van der Waals surface area contributed by atoms with Crippen molar-refractivity contribution in [1.82, 2.24) is 19.8 Å². The van der Waals surface area contributed by atoms with Crippen LogP contribution in [0, 0.1) is 4.77 Å². The van der Waals surface area contributed by atoms with Gasteiger partial charge in [0.2, 0.25) is 11.1 Å². The van der Waals surface area contributed by atoms with Crippen LogP contribution in [0.15, 0.2) is 0 Å². The summed E-state index contributed by atoms with van der Waals surface area (Å²) in [5.41, 5.74) is -0.246. The van der Waals surface area contributed by atoms with Crippen molar-refractivity contribution < 1.29 is 14.3 Å². The Morgan fingerprint density at radius 1 is 1.37 bits per heavy atom. The number of hydrogen-bond acceptors (Lipinski definition) is 6. The summed E-state index contributed by atoms with van der Waals surface area (Å²) in [5.74, 6) is -0.0639. The van der Waals surface area contributed by atoms with Gasteiger partial charge in [-0.15, -0.1) is 0 Å². The molecule has 2 aliphatic rings. The van der Waals surface area contributed by atoms with Crippen LogP contribution < -0.4 is 0 Å². The van der Waals surface area contributed by atoms with Crippen LogP contribution in [0.3, 0.4) is 0 Å². The van der Waals surface area contributed by atoms with Crippen molar-refractivity contribution in [3.8, 4) is 0 Å². The lowest BCUT2D eigenvalue weighted by atomic mass is 10.0. The lowest BCUT2D eigenvalue weighted by molar-refractivity contribution is -0.156. The number of Topliss-reactive ketones (excluding diaryl/α,β-unsaturated/α-hetero) is 1. The van der Waals surface area contributed by atoms with E-state index in [0.29, 0.717) is 17.8 Å². The van der Waals surface area contributed by atoms with Crippen LogP contribution in [0.25, 0.3) is 0 Å². The smallest absolute Gasteiger partial charge is 0.218 e. The summed E-state index contributed by atoms with van der Waals surface area (Å²) in [6.07, 6.45) is -0.556. The Bertz CT molecular complexity index is 573. The van der Waals surface area contributed by atoms with Crippen molar-refractivity contribution in [2.24, 2.45) is 0 Å². The average Bonchev–Trinajstić information content (AvgIpc) is 2.88. The molecular weight excluding hydrogens is 268 g/mol. The molecule has 2 saturated heterocycles. The average molecular weight is 284 g/mol. The fraction of sp³-hybridized carbons (Fsp3) is 0.818. The highest BCUT2D eigenvalue weighted by Gasteiger charge is 2.45. The maximum atomic E-state index is 11.8. The van der Waals surface area contributed by atoms with Crippen LogP contribution in [-0.2, 0) is 19.8 Å². The summed E-state index contributed by atoms with van der Waals surface area (Å²) >= 11 is 5.40. The molecule has 0 radical (unpaired) electrons. The second-order valence-corrected chi connectivity index (χ2v) is 6.23. The molecule has 1 aromatic heterocycles. The first-order valence-electron chi connectivity index (χ1n) is 6.23. The summed E-state index contributed by atoms with van der Waals surface area (Å²) < 4.78 is 14.6. The molecule has 0 aromatic carbocycles. The normalized spacial score (nSPS) is 30.9. The molecule has 0 amide bonds. The molecule has 0 saturated carbocycles. The third kappa shape index (κ3) is 2.03. The Morgan fingerprint density at radius 3 is 2.74 bits per heavy atom. The fourth-order valence-corrected chi connectivity index (χ4v) is 2.84. The summed E-state index contributed by atoms with van der Waals surface area (Å²) in [6.45, 7) is 6.39. The van der Waals surface area contributed by atoms with Gasteiger partial charge in [-0.25, -0.2) is 9.36 Å². The Hall–Kier alpha value is -1.12. The predicted octanol–water partition coefficient (Wildman–Crippen LogP) is 0.819. The molecule has 0 unspecified atom stereocenters. The van der Waals surface area contributed by atoms with Crippen molar-refractivity contribution in [3.63, 3.8) is 0 Å². The molecule has 104 valence electrons. The van der Waals surface area contributed by atoms with E-state index in [9.17, 15) is 4.79 Å². The maximum Gasteiger partial charge on any atom is 0.218 e. The van der Waals surface area contributed by atoms with Gasteiger partial charge in [0.05, 0.1) is 18.2 Å². The Labute approximate surface area is 115 Å². The van der Waals surface area contributed by atoms with Gasteiger partial charge < -0.3 is 9.47 Å². The van der Waals surface area contributed by atoms with Gasteiger partial charge in [-0.2, -0.15) is 0 Å². The number of tetrazole rings is 1. The first kappa shape index (κ1) is 12.9. The van der Waals surface area contributed by atoms with Crippen LogP contribution in [0.1, 0.15) is 33.2 Å². The van der Waals surface area contributed by atoms with Crippen LogP contribution in [0.4, 0.5) is 0 Å². The standard InChI is InChI=1S/C11H16N4O3S/c1-11(2,3)15-10(19)14(12-13-15)6-4-7(16)9-17-5-8(6)18-9/h6,8-9H,4-5H2,1-3H3/t6-,8+,9+/m0/s1. The largest absolute Gasteiger partial charge is 0.343 e. The van der Waals surface area contributed by atoms with Crippen molar-refractivity contribution in [2.45, 2.75) is 51.2 Å². The summed E-state index contributed by atoms with van der Waals surface area (Å²) in [5, 5.41) is 8.18. The number of ketones is 1. The van der Waals surface area contributed by atoms with Gasteiger partial charge in [0.1, 0.15) is 6.10 Å². The first-order chi connectivity index (χ1) is 8.88. The zero-order chi connectivity index (χ0) is 13.8. The number of carbonyl (C=O) groups is 1. The quantitative estimate of drug-likeness (QED) is 0.711. The SMILES string of the molecule is CC(C)(C)n1nnn([C@H]2CC(=O)[C@@H]3OC[C@H]2O3)c1=S. The number of fused-ring (bicyclic) bond motifs is 2. The van der Waals surface area contributed by atoms with Crippen molar-refractivity contribution in [3.05, 3.63) is 4.77 Å². The van der Waals surface area contributed by atoms with E-state index < -0.39 is 6.29 Å². The fourth-order valence-electron chi connectivity index (χ4n) is 2.35. The first-order valence-corrected chi connectivity index (χ1v) is 6.63. The molecule has 0 spiro atoms. The van der Waals surface area contributed by atoms with Gasteiger partial charge in [0.25, 0.3) is 0 Å². The topological polar surface area (TPSA) is 71.2 Å². The van der Waals surface area contributed by atoms with Gasteiger partial charge in [-0.05, 0) is 43.4 Å². The van der Waals surface area contributed by atoms with Gasteiger partial charge in [-0.1, -0.05) is 0 Å². The van der Waals surface area contributed by atoms with Crippen LogP contribution in [0.5, 0.6) is 0 Å². The summed E-state index contributed by atoms with van der Waals surface area (Å²) in [4.78, 5) is 11.8. The van der Waals surface area contributed by atoms with E-state index in [2.05, 4.69) is 10.4 Å². The second-order valence-electron chi connectivity index (χ2n) is 5.87. The molecule has 2 bridgehead atoms. The van der Waals surface area contributed by atoms with Gasteiger partial charge >= 0.3 is 0 Å². The Balaban J connectivity index is 1.97. The number of aromatic nitrogens is 4. The van der Waals surface area contributed by atoms with Crippen molar-refractivity contribution in [1.29, 1.82) is 0 Å². The van der Waals surface area contributed by atoms with E-state index in [4.69, 9.17) is 21.7 Å². The lowest BCUT2D eigenvalue weighted by Crippen LogP contribution is -2.37. The third-order valence-electron chi connectivity index (χ3n) is 3.37. The highest BCUT2D eigenvalue weighted by atomic mass is 32.1. The van der Waals surface area contributed by atoms with E-state index >= 15 is 0 Å². The second kappa shape index (κ2) is 4.19. The summed E-state index contributed by atoms with van der Waals surface area (Å²) in [6, 6.07) is -0.227. The molecule has 1 aromatic rings. The van der Waals surface area contributed by atoms with Crippen molar-refractivity contribution in [2.75, 3.05) is 6.61 Å². The molecule has 3 atom stereocenters. The molecule has 19 heavy (non-hydrogen) atoms. The molecule has 0 aliphatic carbocycles. The number of nitrogens with zero attached hydrogens (tertiary/aromatic N) is 4. The van der Waals surface area contributed by atoms with Gasteiger partial charge in [0.15, 0.2) is 5.78 Å². The minimum absolute atomic E-state index is 0.0639. The number of hydrogen-bond donors (Lipinski definition) is 0. The molecule has 7 nitrogen and oxygen atoms in total. The van der Waals surface area contributed by atoms with Gasteiger partial charge in [0, 0.05) is 6.42 Å². The number of rotatable bonds is 1. The highest BCUT2D eigenvalue weighted by molar-refractivity contribution is 7.71. The van der Waals surface area contributed by atoms with Crippen LogP contribution >= 0.6 is 12.2 Å². The monoisotopic (exact) mass is 284 g/mol.